The molecule has 0 aliphatic heterocycles. The Balaban J connectivity index is 0.000000212. The summed E-state index contributed by atoms with van der Waals surface area (Å²) in [6.07, 6.45) is -0.0155. The highest BCUT2D eigenvalue weighted by molar-refractivity contribution is 9.10. The molecule has 0 spiro atoms. The Kier molecular flexibility index (Phi) is 4.41. The summed E-state index contributed by atoms with van der Waals surface area (Å²) in [5, 5.41) is 9.33. The molecule has 2 aromatic rings. The Morgan fingerprint density at radius 2 is 1.75 bits per heavy atom. The van der Waals surface area contributed by atoms with Gasteiger partial charge in [-0.3, -0.25) is 0 Å². The number of halogens is 4. The van der Waals surface area contributed by atoms with Gasteiger partial charge in [0.05, 0.1) is 18.0 Å². The van der Waals surface area contributed by atoms with Gasteiger partial charge < -0.3 is 0 Å². The lowest BCUT2D eigenvalue weighted by molar-refractivity contribution is -0.137. The van der Waals surface area contributed by atoms with Crippen molar-refractivity contribution in [1.82, 2.24) is 20.4 Å². The minimum atomic E-state index is -4.29. The summed E-state index contributed by atoms with van der Waals surface area (Å²) in [6.45, 7) is 0. The van der Waals surface area contributed by atoms with Crippen molar-refractivity contribution in [3.05, 3.63) is 40.9 Å². The summed E-state index contributed by atoms with van der Waals surface area (Å²) in [6, 6.07) is 1.85. The Labute approximate surface area is 97.0 Å². The van der Waals surface area contributed by atoms with Crippen LogP contribution in [0.5, 0.6) is 0 Å². The van der Waals surface area contributed by atoms with Gasteiger partial charge in [0.1, 0.15) is 4.60 Å². The highest BCUT2D eigenvalue weighted by Crippen LogP contribution is 2.29. The van der Waals surface area contributed by atoms with E-state index in [9.17, 15) is 13.2 Å². The molecule has 16 heavy (non-hydrogen) atoms. The molecule has 0 aliphatic rings. The fourth-order valence-electron chi connectivity index (χ4n) is 0.745. The number of aromatic amines is 1. The average molecular weight is 295 g/mol. The van der Waals surface area contributed by atoms with Gasteiger partial charge in [-0.15, -0.1) is 0 Å². The number of H-pyrrole nitrogens is 1. The average Bonchev–Trinajstić information content (AvgIpc) is 2.74. The first-order valence-electron chi connectivity index (χ1n) is 3.98. The van der Waals surface area contributed by atoms with Crippen molar-refractivity contribution >= 4 is 15.9 Å². The second-order valence-electron chi connectivity index (χ2n) is 2.52. The fourth-order valence-corrected chi connectivity index (χ4v) is 1.11. The van der Waals surface area contributed by atoms with Gasteiger partial charge in [0, 0.05) is 6.20 Å². The van der Waals surface area contributed by atoms with Gasteiger partial charge in [0.2, 0.25) is 0 Å². The van der Waals surface area contributed by atoms with Crippen LogP contribution in [-0.4, -0.2) is 20.4 Å². The standard InChI is InChI=1S/C6H3BrF3N.C2H3N3/c7-5-3-4(1-2-11-5)6(8,9)10;1-2-4-5-3-1/h1-3H;1-2H,(H,3,4,5). The molecule has 0 fully saturated rings. The molecule has 2 heterocycles. The molecule has 0 aromatic carbocycles. The van der Waals surface area contributed by atoms with E-state index in [0.717, 1.165) is 18.3 Å². The number of nitrogens with one attached hydrogen (secondary N) is 1. The molecule has 0 radical (unpaired) electrons. The molecule has 0 bridgehead atoms. The van der Waals surface area contributed by atoms with Crippen molar-refractivity contribution in [2.75, 3.05) is 0 Å². The van der Waals surface area contributed by atoms with E-state index in [1.165, 1.54) is 0 Å². The van der Waals surface area contributed by atoms with Crippen LogP contribution < -0.4 is 0 Å². The fraction of sp³-hybridized carbons (Fsp3) is 0.125. The van der Waals surface area contributed by atoms with Gasteiger partial charge in [-0.25, -0.2) is 4.98 Å². The molecule has 0 saturated carbocycles. The maximum absolute atomic E-state index is 11.9. The predicted molar refractivity (Wildman–Crippen MR) is 53.3 cm³/mol. The van der Waals surface area contributed by atoms with E-state index < -0.39 is 11.7 Å². The molecule has 2 aromatic heterocycles. The Morgan fingerprint density at radius 3 is 2.06 bits per heavy atom. The van der Waals surface area contributed by atoms with Gasteiger partial charge in [0.15, 0.2) is 0 Å². The second-order valence-corrected chi connectivity index (χ2v) is 3.33. The monoisotopic (exact) mass is 294 g/mol. The first kappa shape index (κ1) is 12.6. The number of aromatic nitrogens is 4. The van der Waals surface area contributed by atoms with Crippen LogP contribution in [0.1, 0.15) is 5.56 Å². The first-order valence-corrected chi connectivity index (χ1v) is 4.78. The molecule has 0 unspecified atom stereocenters. The van der Waals surface area contributed by atoms with E-state index >= 15 is 0 Å². The third-order valence-corrected chi connectivity index (χ3v) is 1.82. The smallest absolute Gasteiger partial charge is 0.249 e. The zero-order chi connectivity index (χ0) is 12.0. The summed E-state index contributed by atoms with van der Waals surface area (Å²) in [5.41, 5.74) is -0.695. The normalized spacial score (nSPS) is 10.5. The van der Waals surface area contributed by atoms with Crippen molar-refractivity contribution in [1.29, 1.82) is 0 Å². The molecule has 2 rings (SSSR count). The number of hydrogen-bond donors (Lipinski definition) is 1. The van der Waals surface area contributed by atoms with Crippen LogP contribution >= 0.6 is 15.9 Å². The Bertz CT molecular complexity index is 398. The quantitative estimate of drug-likeness (QED) is 0.760. The van der Waals surface area contributed by atoms with Gasteiger partial charge in [-0.1, -0.05) is 0 Å². The lowest BCUT2D eigenvalue weighted by atomic mass is 10.3. The molecule has 8 heteroatoms. The molecule has 86 valence electrons. The van der Waals surface area contributed by atoms with Crippen LogP contribution in [0, 0.1) is 0 Å². The minimum absolute atomic E-state index is 0.187. The lowest BCUT2D eigenvalue weighted by Gasteiger charge is -2.04. The van der Waals surface area contributed by atoms with Crippen LogP contribution in [-0.2, 0) is 6.18 Å². The van der Waals surface area contributed by atoms with E-state index in [0.29, 0.717) is 0 Å². The van der Waals surface area contributed by atoms with E-state index in [1.54, 1.807) is 12.4 Å². The van der Waals surface area contributed by atoms with Gasteiger partial charge in [-0.05, 0) is 28.1 Å². The Hall–Kier alpha value is -1.44. The summed E-state index contributed by atoms with van der Waals surface area (Å²) in [4.78, 5) is 3.57. The van der Waals surface area contributed by atoms with Crippen molar-refractivity contribution in [2.45, 2.75) is 6.18 Å². The first-order chi connectivity index (χ1) is 7.50. The maximum Gasteiger partial charge on any atom is 0.416 e. The van der Waals surface area contributed by atoms with Crippen LogP contribution in [0.3, 0.4) is 0 Å². The van der Waals surface area contributed by atoms with Crippen molar-refractivity contribution in [3.8, 4) is 0 Å². The highest BCUT2D eigenvalue weighted by Gasteiger charge is 2.30. The van der Waals surface area contributed by atoms with Gasteiger partial charge >= 0.3 is 6.18 Å². The van der Waals surface area contributed by atoms with Crippen molar-refractivity contribution < 1.29 is 13.2 Å². The molecule has 0 aliphatic carbocycles. The van der Waals surface area contributed by atoms with E-state index in [2.05, 4.69) is 36.3 Å². The van der Waals surface area contributed by atoms with Gasteiger partial charge in [-0.2, -0.15) is 28.6 Å². The van der Waals surface area contributed by atoms with E-state index in [4.69, 9.17) is 0 Å². The van der Waals surface area contributed by atoms with E-state index in [-0.39, 0.29) is 4.60 Å². The van der Waals surface area contributed by atoms with Crippen LogP contribution in [0.15, 0.2) is 35.3 Å². The SMILES string of the molecule is FC(F)(F)c1ccnc(Br)c1.c1cn[nH]n1. The number of pyridine rings is 1. The Morgan fingerprint density at radius 1 is 1.12 bits per heavy atom. The van der Waals surface area contributed by atoms with Gasteiger partial charge in [0.25, 0.3) is 0 Å². The maximum atomic E-state index is 11.9. The largest absolute Gasteiger partial charge is 0.416 e. The number of rotatable bonds is 0. The second kappa shape index (κ2) is 5.59. The number of hydrogen-bond acceptors (Lipinski definition) is 3. The summed E-state index contributed by atoms with van der Waals surface area (Å²) in [5.74, 6) is 0. The number of nitrogens with zero attached hydrogens (tertiary/aromatic N) is 3. The summed E-state index contributed by atoms with van der Waals surface area (Å²) < 4.78 is 35.9. The molecule has 4 nitrogen and oxygen atoms in total. The van der Waals surface area contributed by atoms with Crippen molar-refractivity contribution in [3.63, 3.8) is 0 Å². The van der Waals surface area contributed by atoms with Crippen LogP contribution in [0.2, 0.25) is 0 Å². The third kappa shape index (κ3) is 4.39. The topological polar surface area (TPSA) is 54.5 Å². The van der Waals surface area contributed by atoms with Crippen LogP contribution in [0.4, 0.5) is 13.2 Å². The number of alkyl halides is 3. The zero-order valence-electron chi connectivity index (χ0n) is 7.74. The molecule has 0 amide bonds. The van der Waals surface area contributed by atoms with Crippen molar-refractivity contribution in [2.24, 2.45) is 0 Å². The summed E-state index contributed by atoms with van der Waals surface area (Å²) in [7, 11) is 0. The predicted octanol–water partition coefficient (Wildman–Crippen LogP) is 2.67. The third-order valence-electron chi connectivity index (χ3n) is 1.39. The van der Waals surface area contributed by atoms with Crippen LogP contribution in [0.25, 0.3) is 0 Å². The molecule has 1 N–H and O–H groups in total. The van der Waals surface area contributed by atoms with E-state index in [1.807, 2.05) is 0 Å². The lowest BCUT2D eigenvalue weighted by Crippen LogP contribution is -2.04. The highest BCUT2D eigenvalue weighted by atomic mass is 79.9. The molecule has 0 saturated heterocycles. The minimum Gasteiger partial charge on any atom is -0.249 e. The zero-order valence-corrected chi connectivity index (χ0v) is 9.33. The summed E-state index contributed by atoms with van der Waals surface area (Å²) >= 11 is 2.84. The molecule has 0 atom stereocenters. The molecular formula is C8H6BrF3N4. The molecular weight excluding hydrogens is 289 g/mol.